The van der Waals surface area contributed by atoms with Crippen molar-refractivity contribution in [2.75, 3.05) is 13.2 Å². The highest BCUT2D eigenvalue weighted by Gasteiger charge is 2.31. The molecule has 1 fully saturated rings. The topological polar surface area (TPSA) is 116 Å². The number of rotatable bonds is 6. The highest BCUT2D eigenvalue weighted by Crippen LogP contribution is 2.32. The third kappa shape index (κ3) is 4.94. The molecule has 1 aromatic heterocycles. The zero-order chi connectivity index (χ0) is 20.1. The highest BCUT2D eigenvalue weighted by atomic mass is 35.5. The number of amides is 1. The molecule has 0 bridgehead atoms. The number of nitro benzene ring substituents is 1. The molecule has 1 aromatic carbocycles. The molecule has 2 aromatic rings. The number of hydrogen-bond donors (Lipinski definition) is 1. The Labute approximate surface area is 165 Å². The summed E-state index contributed by atoms with van der Waals surface area (Å²) in [4.78, 5) is 22.4. The maximum absolute atomic E-state index is 12.0. The largest absolute Gasteiger partial charge is 0.455 e. The van der Waals surface area contributed by atoms with Gasteiger partial charge in [-0.05, 0) is 31.5 Å². The van der Waals surface area contributed by atoms with Crippen molar-refractivity contribution in [3.8, 4) is 11.3 Å². The lowest BCUT2D eigenvalue weighted by atomic mass is 10.1. The van der Waals surface area contributed by atoms with E-state index in [0.29, 0.717) is 35.3 Å². The summed E-state index contributed by atoms with van der Waals surface area (Å²) in [6.07, 6.45) is 2.12. The normalized spacial score (nSPS) is 16.2. The smallest absolute Gasteiger partial charge is 0.270 e. The molecule has 0 unspecified atom stereocenters. The van der Waals surface area contributed by atoms with E-state index >= 15 is 0 Å². The summed E-state index contributed by atoms with van der Waals surface area (Å²) in [5.41, 5.74) is 2.67. The van der Waals surface area contributed by atoms with Crippen molar-refractivity contribution in [2.24, 2.45) is 5.10 Å². The van der Waals surface area contributed by atoms with E-state index in [9.17, 15) is 14.9 Å². The summed E-state index contributed by atoms with van der Waals surface area (Å²) in [6.45, 7) is 2.79. The molecule has 0 aliphatic carbocycles. The molecule has 1 amide bonds. The zero-order valence-corrected chi connectivity index (χ0v) is 15.8. The van der Waals surface area contributed by atoms with Crippen LogP contribution in [0.2, 0.25) is 5.02 Å². The molecule has 1 saturated heterocycles. The molecule has 0 radical (unpaired) electrons. The van der Waals surface area contributed by atoms with Gasteiger partial charge >= 0.3 is 0 Å². The second-order valence-electron chi connectivity index (χ2n) is 6.28. The fourth-order valence-electron chi connectivity index (χ4n) is 2.66. The van der Waals surface area contributed by atoms with Crippen LogP contribution in [0.25, 0.3) is 11.3 Å². The first-order valence-electron chi connectivity index (χ1n) is 8.50. The van der Waals surface area contributed by atoms with E-state index < -0.39 is 10.7 Å². The first-order chi connectivity index (χ1) is 13.4. The van der Waals surface area contributed by atoms with Crippen LogP contribution in [0, 0.1) is 10.1 Å². The van der Waals surface area contributed by atoms with Gasteiger partial charge in [-0.3, -0.25) is 14.9 Å². The van der Waals surface area contributed by atoms with E-state index in [-0.39, 0.29) is 18.0 Å². The van der Waals surface area contributed by atoms with Gasteiger partial charge < -0.3 is 13.9 Å². The molecule has 3 rings (SSSR count). The minimum absolute atomic E-state index is 0.0109. The predicted octanol–water partition coefficient (Wildman–Crippen LogP) is 3.50. The average molecular weight is 408 g/mol. The number of halogens is 1. The van der Waals surface area contributed by atoms with Gasteiger partial charge in [-0.15, -0.1) is 0 Å². The Morgan fingerprint density at radius 1 is 1.36 bits per heavy atom. The number of ether oxygens (including phenoxy) is 2. The van der Waals surface area contributed by atoms with Crippen molar-refractivity contribution in [2.45, 2.75) is 25.6 Å². The van der Waals surface area contributed by atoms with Gasteiger partial charge in [0.05, 0.1) is 35.8 Å². The van der Waals surface area contributed by atoms with Gasteiger partial charge in [-0.1, -0.05) is 11.6 Å². The molecule has 9 nitrogen and oxygen atoms in total. The molecule has 2 heterocycles. The van der Waals surface area contributed by atoms with Gasteiger partial charge in [0.1, 0.15) is 11.5 Å². The monoisotopic (exact) mass is 407 g/mol. The van der Waals surface area contributed by atoms with Crippen molar-refractivity contribution in [1.29, 1.82) is 0 Å². The van der Waals surface area contributed by atoms with E-state index in [2.05, 4.69) is 10.5 Å². The van der Waals surface area contributed by atoms with Crippen molar-refractivity contribution >= 4 is 29.4 Å². The van der Waals surface area contributed by atoms with Crippen LogP contribution in [0.5, 0.6) is 0 Å². The first-order valence-corrected chi connectivity index (χ1v) is 8.88. The first kappa shape index (κ1) is 20.0. The fraction of sp³-hybridized carbons (Fsp3) is 0.333. The van der Waals surface area contributed by atoms with E-state index in [0.717, 1.165) is 6.42 Å². The highest BCUT2D eigenvalue weighted by molar-refractivity contribution is 6.33. The second kappa shape index (κ2) is 8.51. The van der Waals surface area contributed by atoms with Crippen LogP contribution in [0.4, 0.5) is 5.69 Å². The van der Waals surface area contributed by atoms with Crippen LogP contribution >= 0.6 is 11.6 Å². The van der Waals surface area contributed by atoms with Crippen LogP contribution in [0.3, 0.4) is 0 Å². The van der Waals surface area contributed by atoms with Crippen LogP contribution in [-0.4, -0.2) is 36.0 Å². The van der Waals surface area contributed by atoms with E-state index in [4.69, 9.17) is 25.5 Å². The number of furan rings is 1. The van der Waals surface area contributed by atoms with Gasteiger partial charge in [-0.2, -0.15) is 5.10 Å². The minimum atomic E-state index is -0.950. The number of nitrogens with zero attached hydrogens (tertiary/aromatic N) is 2. The third-order valence-corrected chi connectivity index (χ3v) is 4.35. The van der Waals surface area contributed by atoms with Crippen LogP contribution in [0.1, 0.15) is 25.5 Å². The predicted molar refractivity (Wildman–Crippen MR) is 101 cm³/mol. The molecule has 148 valence electrons. The quantitative estimate of drug-likeness (QED) is 0.445. The van der Waals surface area contributed by atoms with Gasteiger partial charge in [0.15, 0.2) is 5.79 Å². The molecule has 0 atom stereocenters. The van der Waals surface area contributed by atoms with Crippen LogP contribution < -0.4 is 5.43 Å². The Hall–Kier alpha value is -2.75. The lowest BCUT2D eigenvalue weighted by Crippen LogP contribution is -2.41. The number of carbonyl (C=O) groups excluding carboxylic acids is 1. The van der Waals surface area contributed by atoms with Gasteiger partial charge in [-0.25, -0.2) is 5.43 Å². The lowest BCUT2D eigenvalue weighted by molar-refractivity contribution is -0.384. The second-order valence-corrected chi connectivity index (χ2v) is 6.68. The number of carbonyl (C=O) groups is 1. The third-order valence-electron chi connectivity index (χ3n) is 4.02. The number of nitrogens with one attached hydrogen (secondary N) is 1. The molecule has 0 saturated carbocycles. The minimum Gasteiger partial charge on any atom is -0.455 e. The lowest BCUT2D eigenvalue weighted by Gasteiger charge is -2.33. The number of hydrogen-bond acceptors (Lipinski definition) is 7. The van der Waals surface area contributed by atoms with E-state index in [1.54, 1.807) is 19.1 Å². The van der Waals surface area contributed by atoms with E-state index in [1.165, 1.54) is 24.4 Å². The Bertz CT molecular complexity index is 904. The Morgan fingerprint density at radius 2 is 2.11 bits per heavy atom. The summed E-state index contributed by atoms with van der Waals surface area (Å²) < 4.78 is 16.5. The van der Waals surface area contributed by atoms with Crippen molar-refractivity contribution in [3.63, 3.8) is 0 Å². The fourth-order valence-corrected chi connectivity index (χ4v) is 2.87. The van der Waals surface area contributed by atoms with Crippen molar-refractivity contribution < 1.29 is 23.6 Å². The van der Waals surface area contributed by atoms with E-state index in [1.807, 2.05) is 0 Å². The summed E-state index contributed by atoms with van der Waals surface area (Å²) in [7, 11) is 0. The molecule has 0 spiro atoms. The summed E-state index contributed by atoms with van der Waals surface area (Å²) >= 11 is 6.10. The van der Waals surface area contributed by atoms with Gasteiger partial charge in [0.25, 0.3) is 5.69 Å². The van der Waals surface area contributed by atoms with Gasteiger partial charge in [0.2, 0.25) is 5.91 Å². The Morgan fingerprint density at radius 3 is 2.82 bits per heavy atom. The maximum Gasteiger partial charge on any atom is 0.270 e. The summed E-state index contributed by atoms with van der Waals surface area (Å²) in [5, 5.41) is 15.1. The number of benzene rings is 1. The molecule has 1 aliphatic heterocycles. The SMILES string of the molecule is CC1(CC(=O)N/N=C\c2ccc(-c3cc([N+](=O)[O-])ccc3Cl)o2)OCCCO1. The summed E-state index contributed by atoms with van der Waals surface area (Å²) in [5.74, 6) is -0.629. The van der Waals surface area contributed by atoms with Crippen LogP contribution in [-0.2, 0) is 14.3 Å². The average Bonchev–Trinajstić information content (AvgIpc) is 3.10. The van der Waals surface area contributed by atoms with Gasteiger partial charge in [0, 0.05) is 17.7 Å². The Kier molecular flexibility index (Phi) is 6.08. The Balaban J connectivity index is 1.62. The molecular weight excluding hydrogens is 390 g/mol. The standard InChI is InChI=1S/C18H18ClN3O6/c1-18(26-7-2-8-27-18)10-17(23)21-20-11-13-4-6-16(28-13)14-9-12(22(24)25)3-5-15(14)19/h3-6,9,11H,2,7-8,10H2,1H3,(H,21,23)/b20-11-. The molecule has 1 N–H and O–H groups in total. The van der Waals surface area contributed by atoms with Crippen LogP contribution in [0.15, 0.2) is 39.9 Å². The number of nitro groups is 1. The summed E-state index contributed by atoms with van der Waals surface area (Å²) in [6, 6.07) is 7.29. The zero-order valence-electron chi connectivity index (χ0n) is 15.0. The maximum atomic E-state index is 12.0. The number of hydrazone groups is 1. The molecular formula is C18H18ClN3O6. The molecule has 28 heavy (non-hydrogen) atoms. The molecule has 1 aliphatic rings. The number of non-ortho nitro benzene ring substituents is 1. The molecule has 10 heteroatoms. The van der Waals surface area contributed by atoms with Crippen molar-refractivity contribution in [3.05, 3.63) is 51.2 Å². The van der Waals surface area contributed by atoms with Crippen molar-refractivity contribution in [1.82, 2.24) is 5.43 Å².